The molecular weight excluding hydrogens is 560 g/mol. The molecule has 0 aliphatic carbocycles. The molecule has 0 unspecified atom stereocenters. The summed E-state index contributed by atoms with van der Waals surface area (Å²) in [6, 6.07) is 56.0. The van der Waals surface area contributed by atoms with E-state index in [0.717, 1.165) is 60.9 Å². The summed E-state index contributed by atoms with van der Waals surface area (Å²) in [5.74, 6) is 0. The van der Waals surface area contributed by atoms with Crippen LogP contribution >= 0.6 is 0 Å². The molecule has 2 heterocycles. The molecular formula is C43H28N2O. The Morgan fingerprint density at radius 1 is 0.457 bits per heavy atom. The number of para-hydroxylation sites is 1. The van der Waals surface area contributed by atoms with E-state index in [4.69, 9.17) is 4.42 Å². The number of hydrogen-bond acceptors (Lipinski definition) is 3. The third-order valence-electron chi connectivity index (χ3n) is 8.93. The van der Waals surface area contributed by atoms with E-state index in [9.17, 15) is 0 Å². The Kier molecular flexibility index (Phi) is 6.14. The van der Waals surface area contributed by atoms with Crippen molar-refractivity contribution in [2.45, 2.75) is 0 Å². The number of fused-ring (bicyclic) bond motifs is 5. The molecule has 2 aromatic heterocycles. The number of furan rings is 1. The van der Waals surface area contributed by atoms with Gasteiger partial charge in [-0.25, -0.2) is 0 Å². The molecule has 0 saturated carbocycles. The third kappa shape index (κ3) is 4.33. The number of benzene rings is 7. The molecule has 46 heavy (non-hydrogen) atoms. The van der Waals surface area contributed by atoms with E-state index in [0.29, 0.717) is 0 Å². The smallest absolute Gasteiger partial charge is 0.137 e. The standard InChI is InChI=1S/C43H28N2O/c1-2-10-30(11-3-1)37-15-6-7-17-39(37)45(34-22-20-31(21-23-34)36-16-8-13-29-12-4-5-14-35(29)36)40-18-9-19-41-43(40)38-26-32-24-25-44-28-33(32)27-42(38)46-41/h1-28H. The number of anilines is 3. The predicted molar refractivity (Wildman–Crippen MR) is 192 cm³/mol. The molecule has 0 spiro atoms. The molecule has 3 nitrogen and oxygen atoms in total. The maximum absolute atomic E-state index is 6.50. The van der Waals surface area contributed by atoms with Crippen molar-refractivity contribution < 1.29 is 4.42 Å². The summed E-state index contributed by atoms with van der Waals surface area (Å²) in [5, 5.41) is 6.85. The highest BCUT2D eigenvalue weighted by Crippen LogP contribution is 2.46. The van der Waals surface area contributed by atoms with Gasteiger partial charge in [-0.15, -0.1) is 0 Å². The van der Waals surface area contributed by atoms with Gasteiger partial charge in [0.05, 0.1) is 16.8 Å². The molecule has 0 amide bonds. The zero-order valence-corrected chi connectivity index (χ0v) is 25.0. The van der Waals surface area contributed by atoms with Crippen LogP contribution in [-0.2, 0) is 0 Å². The quantitative estimate of drug-likeness (QED) is 0.200. The number of rotatable bonds is 5. The van der Waals surface area contributed by atoms with Crippen molar-refractivity contribution in [3.63, 3.8) is 0 Å². The van der Waals surface area contributed by atoms with Gasteiger partial charge in [-0.3, -0.25) is 4.98 Å². The Morgan fingerprint density at radius 3 is 2.09 bits per heavy atom. The molecule has 0 radical (unpaired) electrons. The molecule has 0 aliphatic rings. The fourth-order valence-electron chi connectivity index (χ4n) is 6.78. The van der Waals surface area contributed by atoms with Crippen LogP contribution < -0.4 is 4.90 Å². The van der Waals surface area contributed by atoms with Gasteiger partial charge in [0.25, 0.3) is 0 Å². The van der Waals surface area contributed by atoms with E-state index < -0.39 is 0 Å². The zero-order chi connectivity index (χ0) is 30.5. The second-order valence-corrected chi connectivity index (χ2v) is 11.6. The van der Waals surface area contributed by atoms with E-state index in [1.54, 1.807) is 0 Å². The number of hydrogen-bond donors (Lipinski definition) is 0. The largest absolute Gasteiger partial charge is 0.456 e. The van der Waals surface area contributed by atoms with Gasteiger partial charge in [0.15, 0.2) is 0 Å². The molecule has 0 fully saturated rings. The number of nitrogens with zero attached hydrogens (tertiary/aromatic N) is 2. The van der Waals surface area contributed by atoms with Gasteiger partial charge in [-0.1, -0.05) is 109 Å². The molecule has 216 valence electrons. The van der Waals surface area contributed by atoms with E-state index in [-0.39, 0.29) is 0 Å². The Bertz CT molecular complexity index is 2530. The Morgan fingerprint density at radius 2 is 1.17 bits per heavy atom. The minimum atomic E-state index is 0.852. The first-order valence-corrected chi connectivity index (χ1v) is 15.5. The van der Waals surface area contributed by atoms with E-state index in [2.05, 4.69) is 168 Å². The highest BCUT2D eigenvalue weighted by molar-refractivity contribution is 6.16. The SMILES string of the molecule is c1ccc(-c2ccccc2N(c2ccc(-c3cccc4ccccc34)cc2)c2cccc3oc4cc5cnccc5cc4c23)cc1. The summed E-state index contributed by atoms with van der Waals surface area (Å²) in [7, 11) is 0. The highest BCUT2D eigenvalue weighted by Gasteiger charge is 2.22. The van der Waals surface area contributed by atoms with Crippen LogP contribution in [0, 0.1) is 0 Å². The van der Waals surface area contributed by atoms with Gasteiger partial charge in [0.1, 0.15) is 11.2 Å². The molecule has 0 saturated heterocycles. The molecule has 0 N–H and O–H groups in total. The second-order valence-electron chi connectivity index (χ2n) is 11.6. The van der Waals surface area contributed by atoms with Gasteiger partial charge in [0.2, 0.25) is 0 Å². The van der Waals surface area contributed by atoms with Crippen molar-refractivity contribution >= 4 is 60.5 Å². The van der Waals surface area contributed by atoms with E-state index in [1.807, 2.05) is 12.4 Å². The van der Waals surface area contributed by atoms with E-state index in [1.165, 1.54) is 21.9 Å². The molecule has 3 heteroatoms. The van der Waals surface area contributed by atoms with Crippen LogP contribution in [0.25, 0.3) is 65.7 Å². The van der Waals surface area contributed by atoms with Crippen LogP contribution in [0.3, 0.4) is 0 Å². The summed E-state index contributed by atoms with van der Waals surface area (Å²) in [6.45, 7) is 0. The van der Waals surface area contributed by atoms with Crippen molar-refractivity contribution in [2.75, 3.05) is 4.90 Å². The van der Waals surface area contributed by atoms with Crippen LogP contribution in [0.5, 0.6) is 0 Å². The van der Waals surface area contributed by atoms with Crippen molar-refractivity contribution in [1.82, 2.24) is 4.98 Å². The van der Waals surface area contributed by atoms with Gasteiger partial charge >= 0.3 is 0 Å². The molecule has 9 aromatic rings. The minimum absolute atomic E-state index is 0.852. The van der Waals surface area contributed by atoms with Crippen LogP contribution in [0.4, 0.5) is 17.1 Å². The second kappa shape index (κ2) is 10.8. The minimum Gasteiger partial charge on any atom is -0.456 e. The molecule has 7 aromatic carbocycles. The van der Waals surface area contributed by atoms with Crippen LogP contribution in [-0.4, -0.2) is 4.98 Å². The van der Waals surface area contributed by atoms with Gasteiger partial charge in [0, 0.05) is 34.4 Å². The third-order valence-corrected chi connectivity index (χ3v) is 8.93. The Labute approximate surface area is 266 Å². The van der Waals surface area contributed by atoms with Gasteiger partial charge < -0.3 is 9.32 Å². The predicted octanol–water partition coefficient (Wildman–Crippen LogP) is 12.1. The summed E-state index contributed by atoms with van der Waals surface area (Å²) in [5.41, 5.74) is 9.66. The maximum Gasteiger partial charge on any atom is 0.137 e. The fourth-order valence-corrected chi connectivity index (χ4v) is 6.78. The zero-order valence-electron chi connectivity index (χ0n) is 25.0. The topological polar surface area (TPSA) is 29.3 Å². The average molecular weight is 589 g/mol. The summed E-state index contributed by atoms with van der Waals surface area (Å²) >= 11 is 0. The molecule has 9 rings (SSSR count). The summed E-state index contributed by atoms with van der Waals surface area (Å²) in [6.07, 6.45) is 3.74. The highest BCUT2D eigenvalue weighted by atomic mass is 16.3. The lowest BCUT2D eigenvalue weighted by Crippen LogP contribution is -2.11. The average Bonchev–Trinajstić information content (AvgIpc) is 3.49. The van der Waals surface area contributed by atoms with Gasteiger partial charge in [-0.05, 0) is 81.4 Å². The molecule has 0 aliphatic heterocycles. The lowest BCUT2D eigenvalue weighted by molar-refractivity contribution is 0.669. The number of aromatic nitrogens is 1. The normalized spacial score (nSPS) is 11.5. The Balaban J connectivity index is 1.29. The molecule has 0 atom stereocenters. The maximum atomic E-state index is 6.50. The van der Waals surface area contributed by atoms with Crippen LogP contribution in [0.1, 0.15) is 0 Å². The fraction of sp³-hybridized carbons (Fsp3) is 0. The Hall–Kier alpha value is -6.19. The first kappa shape index (κ1) is 26.2. The van der Waals surface area contributed by atoms with E-state index >= 15 is 0 Å². The van der Waals surface area contributed by atoms with Crippen molar-refractivity contribution in [1.29, 1.82) is 0 Å². The van der Waals surface area contributed by atoms with Gasteiger partial charge in [-0.2, -0.15) is 0 Å². The van der Waals surface area contributed by atoms with Crippen molar-refractivity contribution in [3.8, 4) is 22.3 Å². The van der Waals surface area contributed by atoms with Crippen molar-refractivity contribution in [2.24, 2.45) is 0 Å². The monoisotopic (exact) mass is 588 g/mol. The van der Waals surface area contributed by atoms with Crippen molar-refractivity contribution in [3.05, 3.63) is 170 Å². The summed E-state index contributed by atoms with van der Waals surface area (Å²) < 4.78 is 6.50. The van der Waals surface area contributed by atoms with Crippen LogP contribution in [0.2, 0.25) is 0 Å². The number of pyridine rings is 1. The lowest BCUT2D eigenvalue weighted by atomic mass is 9.97. The first-order chi connectivity index (χ1) is 22.8. The first-order valence-electron chi connectivity index (χ1n) is 15.5. The lowest BCUT2D eigenvalue weighted by Gasteiger charge is -2.28. The molecule has 0 bridgehead atoms. The van der Waals surface area contributed by atoms with Crippen LogP contribution in [0.15, 0.2) is 175 Å². The summed E-state index contributed by atoms with van der Waals surface area (Å²) in [4.78, 5) is 6.71.